The molecule has 0 aliphatic heterocycles. The highest BCUT2D eigenvalue weighted by Crippen LogP contribution is 2.43. The molecule has 1 atom stereocenters. The van der Waals surface area contributed by atoms with Crippen LogP contribution >= 0.6 is 0 Å². The van der Waals surface area contributed by atoms with Crippen molar-refractivity contribution in [3.05, 3.63) is 300 Å². The molecule has 0 N–H and O–H groups in total. The molecule has 576 valence electrons. The van der Waals surface area contributed by atoms with Gasteiger partial charge in [0.05, 0.1) is 27.8 Å². The van der Waals surface area contributed by atoms with E-state index in [1.165, 1.54) is 34.9 Å². The van der Waals surface area contributed by atoms with E-state index in [0.29, 0.717) is 45.6 Å². The number of pyridine rings is 10. The molecule has 15 nitrogen and oxygen atoms in total. The van der Waals surface area contributed by atoms with Crippen molar-refractivity contribution in [3.8, 4) is 56.3 Å². The van der Waals surface area contributed by atoms with Crippen LogP contribution in [0.1, 0.15) is 122 Å². The number of aromatic nitrogens is 10. The van der Waals surface area contributed by atoms with E-state index < -0.39 is 18.6 Å². The molecule has 0 saturated carbocycles. The number of rotatable bonds is 8. The summed E-state index contributed by atoms with van der Waals surface area (Å²) < 4.78 is 81.1. The summed E-state index contributed by atoms with van der Waals surface area (Å²) in [6, 6.07) is 65.6. The van der Waals surface area contributed by atoms with E-state index in [1.54, 1.807) is 36.9 Å². The Labute approximate surface area is 682 Å². The highest BCUT2D eigenvalue weighted by molar-refractivity contribution is 6.13. The number of nitrogens with zero attached hydrogens (tertiary/aromatic N) is 10. The largest absolute Gasteiger partial charge is 0.437 e. The Balaban J connectivity index is 0.000000113. The van der Waals surface area contributed by atoms with Crippen LogP contribution in [-0.2, 0) is 35.2 Å². The Bertz CT molecular complexity index is 7280. The molecule has 0 fully saturated rings. The highest BCUT2D eigenvalue weighted by Gasteiger charge is 2.28. The number of hydrogen-bond acceptors (Lipinski definition) is 10. The van der Waals surface area contributed by atoms with Gasteiger partial charge < -0.3 is 22.1 Å². The van der Waals surface area contributed by atoms with Crippen molar-refractivity contribution >= 4 is 110 Å². The number of aryl methyl sites for hydroxylation is 12. The van der Waals surface area contributed by atoms with Crippen molar-refractivity contribution in [3.63, 3.8) is 0 Å². The molecule has 0 saturated heterocycles. The molecule has 0 amide bonds. The predicted octanol–water partition coefficient (Wildman–Crippen LogP) is 22.9. The lowest BCUT2D eigenvalue weighted by atomic mass is 9.97. The van der Waals surface area contributed by atoms with Gasteiger partial charge in [-0.3, -0.25) is 0 Å². The first kappa shape index (κ1) is 70.5. The molecule has 0 bridgehead atoms. The van der Waals surface area contributed by atoms with Crippen molar-refractivity contribution < 1.29 is 51.8 Å². The Kier molecular flexibility index (Phi) is 19.1. The maximum Gasteiger partial charge on any atom is 0.227 e. The van der Waals surface area contributed by atoms with Crippen LogP contribution in [0.2, 0.25) is 0 Å². The van der Waals surface area contributed by atoms with E-state index in [1.807, 2.05) is 132 Å². The zero-order valence-electron chi connectivity index (χ0n) is 73.7. The highest BCUT2D eigenvalue weighted by atomic mass is 16.4. The molecule has 20 aromatic rings. The molecular formula is C101H97N10O5+5. The van der Waals surface area contributed by atoms with Gasteiger partial charge >= 0.3 is 0 Å². The van der Waals surface area contributed by atoms with Gasteiger partial charge in [-0.25, -0.2) is 47.8 Å². The van der Waals surface area contributed by atoms with Crippen LogP contribution in [0.15, 0.2) is 266 Å². The van der Waals surface area contributed by atoms with Gasteiger partial charge in [0, 0.05) is 151 Å². The van der Waals surface area contributed by atoms with Gasteiger partial charge in [0.15, 0.2) is 58.9 Å². The molecule has 0 spiro atoms. The van der Waals surface area contributed by atoms with E-state index in [4.69, 9.17) is 28.9 Å². The van der Waals surface area contributed by atoms with Crippen LogP contribution in [-0.4, -0.2) is 24.9 Å². The molecule has 0 aliphatic rings. The van der Waals surface area contributed by atoms with Crippen molar-refractivity contribution in [1.29, 1.82) is 0 Å². The van der Waals surface area contributed by atoms with Gasteiger partial charge in [0.2, 0.25) is 57.0 Å². The Hall–Kier alpha value is -13.4. The minimum atomic E-state index is -2.44. The van der Waals surface area contributed by atoms with Crippen molar-refractivity contribution in [1.82, 2.24) is 24.9 Å². The van der Waals surface area contributed by atoms with Gasteiger partial charge in [-0.1, -0.05) is 102 Å². The van der Waals surface area contributed by atoms with Gasteiger partial charge in [0.25, 0.3) is 0 Å². The van der Waals surface area contributed by atoms with E-state index in [-0.39, 0.29) is 0 Å². The van der Waals surface area contributed by atoms with Crippen molar-refractivity contribution in [2.24, 2.45) is 35.2 Å². The molecule has 5 aromatic carbocycles. The first-order chi connectivity index (χ1) is 57.8. The van der Waals surface area contributed by atoms with Gasteiger partial charge in [-0.15, -0.1) is 0 Å². The first-order valence-electron chi connectivity index (χ1n) is 41.6. The minimum absolute atomic E-state index is 0.436. The monoisotopic (exact) mass is 1530 g/mol. The normalized spacial score (nSPS) is 12.9. The molecule has 15 aromatic heterocycles. The quantitative estimate of drug-likeness (QED) is 0.135. The molecule has 20 rings (SSSR count). The van der Waals surface area contributed by atoms with Crippen LogP contribution < -0.4 is 22.8 Å². The van der Waals surface area contributed by atoms with Crippen LogP contribution in [0.25, 0.3) is 167 Å². The Morgan fingerprint density at radius 2 is 0.569 bits per heavy atom. The smallest absolute Gasteiger partial charge is 0.227 e. The summed E-state index contributed by atoms with van der Waals surface area (Å²) in [6.07, 6.45) is 15.3. The lowest BCUT2D eigenvalue weighted by molar-refractivity contribution is -0.660. The van der Waals surface area contributed by atoms with Gasteiger partial charge in [-0.2, -0.15) is 0 Å². The maximum absolute atomic E-state index is 8.45. The van der Waals surface area contributed by atoms with E-state index in [2.05, 4.69) is 234 Å². The molecule has 0 aliphatic carbocycles. The standard InChI is InChI=1S/3C21H21N2O.2C19H17N2O/c3*1-13(2)15-9-11-23(4)18(12-15)19-14(3)7-8-16-17-6-5-10-22-21(17)24-20(16)19;2*1-12-7-9-14-15-10-8-13(2)20-19(15)22-18(14)17(12)16-6-4-5-11-21(16)3/h3*5-13H,1-4H3;2*4-11H,1-3H3/q5*+1/i1D3,13D;13D;;;. The van der Waals surface area contributed by atoms with Gasteiger partial charge in [0.1, 0.15) is 35.2 Å². The molecule has 0 radical (unpaired) electrons. The van der Waals surface area contributed by atoms with Crippen LogP contribution in [0.4, 0.5) is 0 Å². The topological polar surface area (TPSA) is 150 Å². The fraction of sp³-hybridized carbons (Fsp3) is 0.208. The Morgan fingerprint density at radius 3 is 0.888 bits per heavy atom. The van der Waals surface area contributed by atoms with E-state index in [9.17, 15) is 0 Å². The summed E-state index contributed by atoms with van der Waals surface area (Å²) >= 11 is 0. The zero-order valence-corrected chi connectivity index (χ0v) is 68.7. The van der Waals surface area contributed by atoms with Crippen LogP contribution in [0.5, 0.6) is 0 Å². The van der Waals surface area contributed by atoms with Crippen LogP contribution in [0, 0.1) is 48.5 Å². The molecule has 15 heteroatoms. The molecule has 15 heterocycles. The maximum atomic E-state index is 8.45. The van der Waals surface area contributed by atoms with Crippen molar-refractivity contribution in [2.75, 3.05) is 0 Å². The summed E-state index contributed by atoms with van der Waals surface area (Å²) in [4.78, 5) is 22.1. The first-order valence-corrected chi connectivity index (χ1v) is 39.1. The lowest BCUT2D eigenvalue weighted by Crippen LogP contribution is -2.31. The zero-order chi connectivity index (χ0) is 85.4. The second-order valence-corrected chi connectivity index (χ2v) is 30.8. The average molecular weight is 1540 g/mol. The fourth-order valence-corrected chi connectivity index (χ4v) is 15.7. The SMILES string of the molecule is Cc1ccc2c(n1)oc1c(-c3cccc[n+]3C)c(C)ccc12.Cc1ccc2c(n1)oc1c(-c3cccc[n+]3C)c(C)ccc12.Cc1ccc2c(oc3ncccc32)c1-c1cc(C(C)C)cc[n+]1C.[2H]C(C)(C)c1cc[n+](C)c(-c2c(C)ccc3c2oc2ncccc23)c1.[2H]C([2H])([2H])C([2H])(C)c1cc[n+](C)c(-c2c(C)ccc3c2oc2ncccc23)c1. The minimum Gasteiger partial charge on any atom is -0.437 e. The number of fused-ring (bicyclic) bond motifs is 15. The third-order valence-corrected chi connectivity index (χ3v) is 22.1. The number of benzene rings is 5. The van der Waals surface area contributed by atoms with Crippen LogP contribution in [0.3, 0.4) is 0 Å². The lowest BCUT2D eigenvalue weighted by Gasteiger charge is -2.09. The fourth-order valence-electron chi connectivity index (χ4n) is 15.7. The summed E-state index contributed by atoms with van der Waals surface area (Å²) in [5.41, 5.74) is 28.7. The summed E-state index contributed by atoms with van der Waals surface area (Å²) in [6.45, 7) is 21.7. The summed E-state index contributed by atoms with van der Waals surface area (Å²) in [5.74, 6) is -1.88. The van der Waals surface area contributed by atoms with Gasteiger partial charge in [-0.05, 0) is 183 Å². The summed E-state index contributed by atoms with van der Waals surface area (Å²) in [5, 5.41) is 10.5. The van der Waals surface area contributed by atoms with Crippen molar-refractivity contribution in [2.45, 2.75) is 108 Å². The molecular weight excluding hydrogens is 1430 g/mol. The predicted molar refractivity (Wildman–Crippen MR) is 466 cm³/mol. The second-order valence-electron chi connectivity index (χ2n) is 30.8. The third kappa shape index (κ3) is 14.4. The number of hydrogen-bond donors (Lipinski definition) is 0. The second kappa shape index (κ2) is 31.5. The summed E-state index contributed by atoms with van der Waals surface area (Å²) in [7, 11) is 10.1. The third-order valence-electron chi connectivity index (χ3n) is 22.1. The van der Waals surface area contributed by atoms with E-state index in [0.717, 1.165) is 155 Å². The average Bonchev–Trinajstić information content (AvgIpc) is 1.67. The Morgan fingerprint density at radius 1 is 0.284 bits per heavy atom. The van der Waals surface area contributed by atoms with E-state index >= 15 is 0 Å². The molecule has 1 unspecified atom stereocenters. The molecule has 116 heavy (non-hydrogen) atoms. The number of furan rings is 5.